The van der Waals surface area contributed by atoms with Crippen molar-refractivity contribution in [2.45, 2.75) is 0 Å². The molecule has 0 fully saturated rings. The van der Waals surface area contributed by atoms with Gasteiger partial charge in [-0.3, -0.25) is 8.97 Å². The van der Waals surface area contributed by atoms with Gasteiger partial charge in [-0.1, -0.05) is 64.5 Å². The largest absolute Gasteiger partial charge is 0.333 e. The predicted molar refractivity (Wildman–Crippen MR) is 111 cm³/mol. The smallest absolute Gasteiger partial charge is 0.296 e. The molecule has 0 unspecified atom stereocenters. The second kappa shape index (κ2) is 5.58. The first-order valence-electron chi connectivity index (χ1n) is 8.43. The SMILES string of the molecule is Cn1c(=O)n2c3ccccc3c(-c3ccccc3)c2c2cc(Br)ccc21. The molecule has 126 valence electrons. The molecule has 5 rings (SSSR count). The molecule has 0 aliphatic carbocycles. The minimum atomic E-state index is -0.0341. The summed E-state index contributed by atoms with van der Waals surface area (Å²) < 4.78 is 4.55. The van der Waals surface area contributed by atoms with Crippen molar-refractivity contribution in [1.82, 2.24) is 8.97 Å². The van der Waals surface area contributed by atoms with Crippen molar-refractivity contribution in [3.05, 3.63) is 87.8 Å². The van der Waals surface area contributed by atoms with Crippen molar-refractivity contribution >= 4 is 43.3 Å². The van der Waals surface area contributed by atoms with Crippen molar-refractivity contribution < 1.29 is 0 Å². The Bertz CT molecular complexity index is 1360. The Morgan fingerprint density at radius 2 is 1.54 bits per heavy atom. The van der Waals surface area contributed by atoms with Gasteiger partial charge in [0.2, 0.25) is 0 Å². The molecule has 3 nitrogen and oxygen atoms in total. The highest BCUT2D eigenvalue weighted by Gasteiger charge is 2.19. The van der Waals surface area contributed by atoms with Crippen molar-refractivity contribution in [2.24, 2.45) is 7.05 Å². The van der Waals surface area contributed by atoms with Crippen molar-refractivity contribution in [3.8, 4) is 11.1 Å². The van der Waals surface area contributed by atoms with Crippen molar-refractivity contribution in [2.75, 3.05) is 0 Å². The average molecular weight is 403 g/mol. The number of benzene rings is 3. The molecule has 2 heterocycles. The number of hydrogen-bond donors (Lipinski definition) is 0. The van der Waals surface area contributed by atoms with Gasteiger partial charge in [-0.05, 0) is 29.8 Å². The van der Waals surface area contributed by atoms with E-state index in [0.29, 0.717) is 0 Å². The molecule has 5 aromatic rings. The summed E-state index contributed by atoms with van der Waals surface area (Å²) in [5.41, 5.74) is 4.99. The molecule has 4 heteroatoms. The number of hydrogen-bond acceptors (Lipinski definition) is 1. The summed E-state index contributed by atoms with van der Waals surface area (Å²) in [7, 11) is 1.83. The summed E-state index contributed by atoms with van der Waals surface area (Å²) in [6.07, 6.45) is 0. The summed E-state index contributed by atoms with van der Waals surface area (Å²) in [5, 5.41) is 2.14. The lowest BCUT2D eigenvalue weighted by atomic mass is 10.0. The van der Waals surface area contributed by atoms with E-state index in [1.54, 1.807) is 4.57 Å². The molecular weight excluding hydrogens is 388 g/mol. The number of halogens is 1. The Kier molecular flexibility index (Phi) is 3.31. The highest BCUT2D eigenvalue weighted by atomic mass is 79.9. The Morgan fingerprint density at radius 3 is 2.35 bits per heavy atom. The lowest BCUT2D eigenvalue weighted by Crippen LogP contribution is -2.24. The minimum Gasteiger partial charge on any atom is -0.296 e. The van der Waals surface area contributed by atoms with E-state index in [-0.39, 0.29) is 5.69 Å². The van der Waals surface area contributed by atoms with E-state index in [0.717, 1.165) is 42.9 Å². The number of aryl methyl sites for hydroxylation is 1. The fraction of sp³-hybridized carbons (Fsp3) is 0.0455. The third kappa shape index (κ3) is 2.02. The molecule has 0 N–H and O–H groups in total. The van der Waals surface area contributed by atoms with Crippen LogP contribution in [0.1, 0.15) is 0 Å². The van der Waals surface area contributed by atoms with Crippen molar-refractivity contribution in [1.29, 1.82) is 0 Å². The van der Waals surface area contributed by atoms with Crippen LogP contribution in [-0.2, 0) is 7.05 Å². The number of aromatic nitrogens is 2. The average Bonchev–Trinajstić information content (AvgIpc) is 3.02. The van der Waals surface area contributed by atoms with Crippen LogP contribution in [0, 0.1) is 0 Å². The molecule has 0 atom stereocenters. The van der Waals surface area contributed by atoms with Gasteiger partial charge in [0, 0.05) is 27.9 Å². The Hall–Kier alpha value is -2.85. The molecule has 0 amide bonds. The summed E-state index contributed by atoms with van der Waals surface area (Å²) in [6.45, 7) is 0. The first kappa shape index (κ1) is 15.4. The summed E-state index contributed by atoms with van der Waals surface area (Å²) in [4.78, 5) is 13.2. The number of fused-ring (bicyclic) bond motifs is 5. The number of nitrogens with zero attached hydrogens (tertiary/aromatic N) is 2. The van der Waals surface area contributed by atoms with Crippen LogP contribution in [0.15, 0.2) is 82.1 Å². The lowest BCUT2D eigenvalue weighted by Gasteiger charge is -2.10. The molecule has 3 aromatic carbocycles. The van der Waals surface area contributed by atoms with Crippen LogP contribution in [0.25, 0.3) is 38.4 Å². The van der Waals surface area contributed by atoms with Crippen LogP contribution in [0.3, 0.4) is 0 Å². The molecule has 0 spiro atoms. The van der Waals surface area contributed by atoms with Gasteiger partial charge < -0.3 is 0 Å². The molecule has 0 bridgehead atoms. The van der Waals surface area contributed by atoms with E-state index in [4.69, 9.17) is 0 Å². The topological polar surface area (TPSA) is 26.4 Å². The maximum Gasteiger partial charge on any atom is 0.333 e. The number of rotatable bonds is 1. The second-order valence-corrected chi connectivity index (χ2v) is 7.36. The third-order valence-corrected chi connectivity index (χ3v) is 5.48. The van der Waals surface area contributed by atoms with Gasteiger partial charge in [0.15, 0.2) is 0 Å². The Balaban J connectivity index is 2.18. The maximum atomic E-state index is 13.2. The van der Waals surface area contributed by atoms with Crippen molar-refractivity contribution in [3.63, 3.8) is 0 Å². The van der Waals surface area contributed by atoms with Gasteiger partial charge in [-0.2, -0.15) is 0 Å². The zero-order valence-electron chi connectivity index (χ0n) is 14.1. The van der Waals surface area contributed by atoms with Gasteiger partial charge in [0.25, 0.3) is 0 Å². The third-order valence-electron chi connectivity index (χ3n) is 4.99. The van der Waals surface area contributed by atoms with Crippen LogP contribution in [0.4, 0.5) is 0 Å². The summed E-state index contributed by atoms with van der Waals surface area (Å²) in [5.74, 6) is 0. The number of para-hydroxylation sites is 1. The summed E-state index contributed by atoms with van der Waals surface area (Å²) >= 11 is 3.59. The Labute approximate surface area is 158 Å². The highest BCUT2D eigenvalue weighted by molar-refractivity contribution is 9.10. The van der Waals surface area contributed by atoms with Crippen LogP contribution < -0.4 is 5.69 Å². The molecule has 0 aliphatic heterocycles. The highest BCUT2D eigenvalue weighted by Crippen LogP contribution is 2.38. The van der Waals surface area contributed by atoms with Crippen LogP contribution in [0.5, 0.6) is 0 Å². The first-order chi connectivity index (χ1) is 12.7. The van der Waals surface area contributed by atoms with E-state index < -0.39 is 0 Å². The zero-order chi connectivity index (χ0) is 17.8. The van der Waals surface area contributed by atoms with Crippen LogP contribution in [0.2, 0.25) is 0 Å². The summed E-state index contributed by atoms with van der Waals surface area (Å²) in [6, 6.07) is 24.5. The fourth-order valence-corrected chi connectivity index (χ4v) is 4.20. The lowest BCUT2D eigenvalue weighted by molar-refractivity contribution is 0.838. The van der Waals surface area contributed by atoms with E-state index in [1.165, 1.54) is 0 Å². The van der Waals surface area contributed by atoms with Crippen LogP contribution in [-0.4, -0.2) is 8.97 Å². The van der Waals surface area contributed by atoms with Crippen LogP contribution >= 0.6 is 15.9 Å². The van der Waals surface area contributed by atoms with E-state index in [2.05, 4.69) is 40.2 Å². The quantitative estimate of drug-likeness (QED) is 0.369. The normalized spacial score (nSPS) is 11.6. The van der Waals surface area contributed by atoms with Gasteiger partial charge in [0.05, 0.1) is 16.6 Å². The van der Waals surface area contributed by atoms with E-state index >= 15 is 0 Å². The molecule has 0 radical (unpaired) electrons. The molecule has 26 heavy (non-hydrogen) atoms. The molecule has 0 saturated heterocycles. The minimum absolute atomic E-state index is 0.0341. The second-order valence-electron chi connectivity index (χ2n) is 6.45. The fourth-order valence-electron chi connectivity index (χ4n) is 3.83. The predicted octanol–water partition coefficient (Wildman–Crippen LogP) is 5.37. The molecule has 0 aliphatic rings. The standard InChI is InChI=1S/C22H15BrN2O/c1-24-18-12-11-15(23)13-17(18)21-20(14-7-3-2-4-8-14)16-9-5-6-10-19(16)25(21)22(24)26/h2-13H,1H3. The maximum absolute atomic E-state index is 13.2. The molecular formula is C22H15BrN2O. The van der Waals surface area contributed by atoms with Gasteiger partial charge in [0.1, 0.15) is 0 Å². The molecule has 2 aromatic heterocycles. The monoisotopic (exact) mass is 402 g/mol. The zero-order valence-corrected chi connectivity index (χ0v) is 15.7. The van der Waals surface area contributed by atoms with E-state index in [1.807, 2.05) is 60.0 Å². The first-order valence-corrected chi connectivity index (χ1v) is 9.23. The van der Waals surface area contributed by atoms with Gasteiger partial charge in [-0.25, -0.2) is 4.79 Å². The van der Waals surface area contributed by atoms with Gasteiger partial charge >= 0.3 is 5.69 Å². The molecule has 0 saturated carbocycles. The Morgan fingerprint density at radius 1 is 0.808 bits per heavy atom. The van der Waals surface area contributed by atoms with Gasteiger partial charge in [-0.15, -0.1) is 0 Å². The van der Waals surface area contributed by atoms with E-state index in [9.17, 15) is 4.79 Å².